The number of likely N-dealkylation sites (tertiary alicyclic amines) is 1. The Morgan fingerprint density at radius 2 is 2.27 bits per heavy atom. The van der Waals surface area contributed by atoms with Crippen molar-refractivity contribution in [1.82, 2.24) is 4.90 Å². The van der Waals surface area contributed by atoms with Crippen molar-refractivity contribution in [3.05, 3.63) is 0 Å². The van der Waals surface area contributed by atoms with Crippen molar-refractivity contribution >= 4 is 5.91 Å². The monoisotopic (exact) mass is 156 g/mol. The van der Waals surface area contributed by atoms with Crippen LogP contribution in [-0.4, -0.2) is 30.9 Å². The van der Waals surface area contributed by atoms with Crippen LogP contribution in [0.1, 0.15) is 13.3 Å². The summed E-state index contributed by atoms with van der Waals surface area (Å²) in [5.41, 5.74) is 5.25. The molecule has 3 heteroatoms. The van der Waals surface area contributed by atoms with Crippen LogP contribution in [0, 0.1) is 11.8 Å². The van der Waals surface area contributed by atoms with Gasteiger partial charge in [0.05, 0.1) is 0 Å². The molecule has 1 rings (SSSR count). The molecule has 0 aromatic carbocycles. The number of nitrogens with two attached hydrogens (primary N) is 1. The minimum atomic E-state index is -0.134. The molecule has 0 spiro atoms. The molecular formula is C8H16N2O. The molecule has 0 aromatic rings. The predicted octanol–water partition coefficient (Wildman–Crippen LogP) is 0.0595. The first-order valence-corrected chi connectivity index (χ1v) is 4.09. The van der Waals surface area contributed by atoms with E-state index in [4.69, 9.17) is 5.73 Å². The van der Waals surface area contributed by atoms with Crippen LogP contribution in [0.15, 0.2) is 0 Å². The molecular weight excluding hydrogens is 140 g/mol. The summed E-state index contributed by atoms with van der Waals surface area (Å²) in [5, 5.41) is 0. The summed E-state index contributed by atoms with van der Waals surface area (Å²) in [6, 6.07) is 0. The molecule has 0 aliphatic carbocycles. The molecule has 64 valence electrons. The molecule has 0 radical (unpaired) electrons. The van der Waals surface area contributed by atoms with Crippen molar-refractivity contribution in [3.63, 3.8) is 0 Å². The minimum Gasteiger partial charge on any atom is -0.369 e. The van der Waals surface area contributed by atoms with Gasteiger partial charge in [-0.05, 0) is 25.9 Å². The van der Waals surface area contributed by atoms with E-state index < -0.39 is 0 Å². The van der Waals surface area contributed by atoms with Crippen LogP contribution in [0.5, 0.6) is 0 Å². The summed E-state index contributed by atoms with van der Waals surface area (Å²) in [5.74, 6) is 0.392. The molecule has 11 heavy (non-hydrogen) atoms. The molecule has 0 saturated carbocycles. The third kappa shape index (κ3) is 1.93. The van der Waals surface area contributed by atoms with Crippen LogP contribution >= 0.6 is 0 Å². The number of hydrogen-bond acceptors (Lipinski definition) is 2. The van der Waals surface area contributed by atoms with Crippen molar-refractivity contribution in [3.8, 4) is 0 Å². The summed E-state index contributed by atoms with van der Waals surface area (Å²) in [4.78, 5) is 13.1. The number of hydrogen-bond donors (Lipinski definition) is 1. The first kappa shape index (κ1) is 8.53. The van der Waals surface area contributed by atoms with Gasteiger partial charge in [0.15, 0.2) is 0 Å². The first-order valence-electron chi connectivity index (χ1n) is 4.09. The van der Waals surface area contributed by atoms with E-state index in [0.717, 1.165) is 19.5 Å². The molecule has 1 aliphatic heterocycles. The SMILES string of the molecule is CC1CN(C)CCC1C(N)=O. The van der Waals surface area contributed by atoms with E-state index in [1.165, 1.54) is 0 Å². The van der Waals surface area contributed by atoms with Crippen molar-refractivity contribution in [2.45, 2.75) is 13.3 Å². The topological polar surface area (TPSA) is 46.3 Å². The highest BCUT2D eigenvalue weighted by atomic mass is 16.1. The number of piperidine rings is 1. The van der Waals surface area contributed by atoms with Crippen LogP contribution in [0.2, 0.25) is 0 Å². The van der Waals surface area contributed by atoms with Gasteiger partial charge < -0.3 is 10.6 Å². The summed E-state index contributed by atoms with van der Waals surface area (Å²) >= 11 is 0. The Labute approximate surface area is 67.5 Å². The van der Waals surface area contributed by atoms with E-state index in [1.807, 2.05) is 0 Å². The molecule has 2 unspecified atom stereocenters. The number of carbonyl (C=O) groups excluding carboxylic acids is 1. The standard InChI is InChI=1S/C8H16N2O/c1-6-5-10(2)4-3-7(6)8(9)11/h6-7H,3-5H2,1-2H3,(H2,9,11). The Morgan fingerprint density at radius 1 is 1.64 bits per heavy atom. The molecule has 0 aromatic heterocycles. The molecule has 1 heterocycles. The van der Waals surface area contributed by atoms with Crippen molar-refractivity contribution in [1.29, 1.82) is 0 Å². The Morgan fingerprint density at radius 3 is 2.73 bits per heavy atom. The normalized spacial score (nSPS) is 33.6. The van der Waals surface area contributed by atoms with E-state index in [9.17, 15) is 4.79 Å². The Kier molecular flexibility index (Phi) is 2.49. The summed E-state index contributed by atoms with van der Waals surface area (Å²) < 4.78 is 0. The van der Waals surface area contributed by atoms with Gasteiger partial charge in [-0.2, -0.15) is 0 Å². The van der Waals surface area contributed by atoms with Gasteiger partial charge in [0.2, 0.25) is 5.91 Å². The maximum Gasteiger partial charge on any atom is 0.220 e. The van der Waals surface area contributed by atoms with Crippen LogP contribution in [0.25, 0.3) is 0 Å². The lowest BCUT2D eigenvalue weighted by Crippen LogP contribution is -2.42. The quantitative estimate of drug-likeness (QED) is 0.583. The smallest absolute Gasteiger partial charge is 0.220 e. The van der Waals surface area contributed by atoms with Crippen LogP contribution < -0.4 is 5.73 Å². The maximum atomic E-state index is 10.9. The number of carbonyl (C=O) groups is 1. The number of amides is 1. The van der Waals surface area contributed by atoms with E-state index >= 15 is 0 Å². The zero-order chi connectivity index (χ0) is 8.43. The van der Waals surface area contributed by atoms with Gasteiger partial charge in [-0.25, -0.2) is 0 Å². The van der Waals surface area contributed by atoms with Gasteiger partial charge in [0.1, 0.15) is 0 Å². The number of rotatable bonds is 1. The molecule has 1 saturated heterocycles. The largest absolute Gasteiger partial charge is 0.369 e. The molecule has 1 fully saturated rings. The molecule has 1 aliphatic rings. The predicted molar refractivity (Wildman–Crippen MR) is 44.0 cm³/mol. The maximum absolute atomic E-state index is 10.9. The van der Waals surface area contributed by atoms with Crippen LogP contribution in [0.4, 0.5) is 0 Å². The lowest BCUT2D eigenvalue weighted by Gasteiger charge is -2.32. The molecule has 1 amide bonds. The Hall–Kier alpha value is -0.570. The first-order chi connectivity index (χ1) is 5.11. The van der Waals surface area contributed by atoms with Crippen LogP contribution in [0.3, 0.4) is 0 Å². The van der Waals surface area contributed by atoms with Gasteiger partial charge in [-0.15, -0.1) is 0 Å². The van der Waals surface area contributed by atoms with Gasteiger partial charge in [0, 0.05) is 12.5 Å². The molecule has 3 nitrogen and oxygen atoms in total. The number of primary amides is 1. The fraction of sp³-hybridized carbons (Fsp3) is 0.875. The zero-order valence-corrected chi connectivity index (χ0v) is 7.21. The van der Waals surface area contributed by atoms with E-state index in [0.29, 0.717) is 5.92 Å². The van der Waals surface area contributed by atoms with E-state index in [1.54, 1.807) is 0 Å². The average Bonchev–Trinajstić information content (AvgIpc) is 1.85. The Bertz CT molecular complexity index is 158. The fourth-order valence-electron chi connectivity index (χ4n) is 1.78. The van der Waals surface area contributed by atoms with Crippen molar-refractivity contribution in [2.75, 3.05) is 20.1 Å². The van der Waals surface area contributed by atoms with Crippen LogP contribution in [-0.2, 0) is 4.79 Å². The molecule has 2 N–H and O–H groups in total. The van der Waals surface area contributed by atoms with Gasteiger partial charge in [-0.1, -0.05) is 6.92 Å². The Balaban J connectivity index is 2.50. The van der Waals surface area contributed by atoms with Crippen molar-refractivity contribution < 1.29 is 4.79 Å². The second kappa shape index (κ2) is 3.22. The van der Waals surface area contributed by atoms with Gasteiger partial charge in [0.25, 0.3) is 0 Å². The van der Waals surface area contributed by atoms with Gasteiger partial charge >= 0.3 is 0 Å². The molecule has 2 atom stereocenters. The summed E-state index contributed by atoms with van der Waals surface area (Å²) in [7, 11) is 2.08. The van der Waals surface area contributed by atoms with Crippen molar-refractivity contribution in [2.24, 2.45) is 17.6 Å². The highest BCUT2D eigenvalue weighted by molar-refractivity contribution is 5.77. The third-order valence-electron chi connectivity index (χ3n) is 2.47. The lowest BCUT2D eigenvalue weighted by molar-refractivity contribution is -0.124. The summed E-state index contributed by atoms with van der Waals surface area (Å²) in [6.45, 7) is 4.08. The minimum absolute atomic E-state index is 0.103. The highest BCUT2D eigenvalue weighted by Gasteiger charge is 2.27. The summed E-state index contributed by atoms with van der Waals surface area (Å²) in [6.07, 6.45) is 0.924. The average molecular weight is 156 g/mol. The third-order valence-corrected chi connectivity index (χ3v) is 2.47. The second-order valence-corrected chi connectivity index (χ2v) is 3.54. The van der Waals surface area contributed by atoms with E-state index in [2.05, 4.69) is 18.9 Å². The lowest BCUT2D eigenvalue weighted by atomic mass is 9.87. The fourth-order valence-corrected chi connectivity index (χ4v) is 1.78. The zero-order valence-electron chi connectivity index (χ0n) is 7.21. The molecule has 0 bridgehead atoms. The highest BCUT2D eigenvalue weighted by Crippen LogP contribution is 2.21. The van der Waals surface area contributed by atoms with Gasteiger partial charge in [-0.3, -0.25) is 4.79 Å². The number of nitrogens with zero attached hydrogens (tertiary/aromatic N) is 1. The van der Waals surface area contributed by atoms with E-state index in [-0.39, 0.29) is 11.8 Å². The second-order valence-electron chi connectivity index (χ2n) is 3.54.